The van der Waals surface area contributed by atoms with Crippen LogP contribution >= 0.6 is 11.6 Å². The van der Waals surface area contributed by atoms with Gasteiger partial charge in [-0.2, -0.15) is 0 Å². The number of halogens is 2. The molecule has 24 heavy (non-hydrogen) atoms. The van der Waals surface area contributed by atoms with Crippen LogP contribution in [0.5, 0.6) is 0 Å². The van der Waals surface area contributed by atoms with Crippen LogP contribution in [0.15, 0.2) is 24.3 Å². The monoisotopic (exact) mass is 356 g/mol. The number of rotatable bonds is 6. The lowest BCUT2D eigenvalue weighted by molar-refractivity contribution is -0.151. The van der Waals surface area contributed by atoms with E-state index in [9.17, 15) is 14.3 Å². The van der Waals surface area contributed by atoms with Gasteiger partial charge in [0.05, 0.1) is 18.3 Å². The van der Waals surface area contributed by atoms with Gasteiger partial charge in [-0.1, -0.05) is 25.1 Å². The summed E-state index contributed by atoms with van der Waals surface area (Å²) >= 11 is 6.35. The molecule has 1 aromatic carbocycles. The van der Waals surface area contributed by atoms with Gasteiger partial charge in [-0.05, 0) is 32.3 Å². The summed E-state index contributed by atoms with van der Waals surface area (Å²) in [7, 11) is 0. The average molecular weight is 357 g/mol. The highest BCUT2D eigenvalue weighted by Crippen LogP contribution is 2.59. The van der Waals surface area contributed by atoms with Crippen LogP contribution in [-0.2, 0) is 20.9 Å². The lowest BCUT2D eigenvalue weighted by Gasteiger charge is -2.36. The van der Waals surface area contributed by atoms with Crippen molar-refractivity contribution in [1.29, 1.82) is 0 Å². The van der Waals surface area contributed by atoms with Gasteiger partial charge in [-0.15, -0.1) is 11.6 Å². The first kappa shape index (κ1) is 17.6. The van der Waals surface area contributed by atoms with Gasteiger partial charge < -0.3 is 14.6 Å². The highest BCUT2D eigenvalue weighted by molar-refractivity contribution is 6.34. The fourth-order valence-corrected chi connectivity index (χ4v) is 4.18. The van der Waals surface area contributed by atoms with Crippen molar-refractivity contribution in [2.45, 2.75) is 68.3 Å². The zero-order valence-electron chi connectivity index (χ0n) is 13.9. The molecule has 0 spiro atoms. The van der Waals surface area contributed by atoms with E-state index < -0.39 is 22.0 Å². The molecule has 0 amide bonds. The second kappa shape index (κ2) is 5.97. The normalized spacial score (nSPS) is 34.2. The summed E-state index contributed by atoms with van der Waals surface area (Å²) in [5.41, 5.74) is -1.01. The van der Waals surface area contributed by atoms with E-state index in [0.29, 0.717) is 31.2 Å². The van der Waals surface area contributed by atoms with Crippen molar-refractivity contribution >= 4 is 17.6 Å². The van der Waals surface area contributed by atoms with Crippen LogP contribution in [0, 0.1) is 5.82 Å². The van der Waals surface area contributed by atoms with Gasteiger partial charge in [0, 0.05) is 12.0 Å². The molecule has 2 heterocycles. The van der Waals surface area contributed by atoms with E-state index in [2.05, 4.69) is 0 Å². The first-order chi connectivity index (χ1) is 11.3. The Kier molecular flexibility index (Phi) is 4.39. The van der Waals surface area contributed by atoms with Crippen LogP contribution in [0.4, 0.5) is 4.39 Å². The molecule has 3 rings (SSSR count). The third kappa shape index (κ3) is 2.54. The van der Waals surface area contributed by atoms with Gasteiger partial charge >= 0.3 is 5.97 Å². The second-order valence-electron chi connectivity index (χ2n) is 6.92. The van der Waals surface area contributed by atoms with Crippen molar-refractivity contribution in [3.05, 3.63) is 35.6 Å². The van der Waals surface area contributed by atoms with Crippen LogP contribution in [0.2, 0.25) is 0 Å². The van der Waals surface area contributed by atoms with Crippen molar-refractivity contribution < 1.29 is 23.8 Å². The minimum Gasteiger partial charge on any atom is -0.480 e. The van der Waals surface area contributed by atoms with Gasteiger partial charge in [0.1, 0.15) is 11.4 Å². The van der Waals surface area contributed by atoms with Crippen LogP contribution in [-0.4, -0.2) is 33.3 Å². The first-order valence-corrected chi connectivity index (χ1v) is 8.62. The Morgan fingerprint density at radius 1 is 1.50 bits per heavy atom. The molecule has 2 bridgehead atoms. The van der Waals surface area contributed by atoms with Gasteiger partial charge in [0.15, 0.2) is 4.87 Å². The molecule has 2 fully saturated rings. The number of carboxylic acid groups (broad SMARTS) is 1. The van der Waals surface area contributed by atoms with Crippen molar-refractivity contribution in [2.24, 2.45) is 0 Å². The van der Waals surface area contributed by atoms with E-state index in [1.54, 1.807) is 18.2 Å². The molecule has 1 aromatic rings. The molecule has 4 nitrogen and oxygen atoms in total. The number of hydrogen-bond donors (Lipinski definition) is 1. The van der Waals surface area contributed by atoms with Crippen LogP contribution in [0.3, 0.4) is 0 Å². The Morgan fingerprint density at radius 3 is 2.83 bits per heavy atom. The van der Waals surface area contributed by atoms with E-state index >= 15 is 0 Å². The third-order valence-corrected chi connectivity index (χ3v) is 6.21. The summed E-state index contributed by atoms with van der Waals surface area (Å²) < 4.78 is 26.0. The highest BCUT2D eigenvalue weighted by atomic mass is 35.5. The van der Waals surface area contributed by atoms with Crippen molar-refractivity contribution in [3.63, 3.8) is 0 Å². The average Bonchev–Trinajstić information content (AvgIpc) is 3.10. The van der Waals surface area contributed by atoms with E-state index in [1.807, 2.05) is 6.92 Å². The molecule has 132 valence electrons. The number of aliphatic carboxylic acids is 1. The smallest absolute Gasteiger partial charge is 0.327 e. The maximum absolute atomic E-state index is 13.8. The van der Waals surface area contributed by atoms with Crippen LogP contribution in [0.1, 0.15) is 45.1 Å². The standard InChI is InChI=1S/C18H22ClFO4/c1-3-17-8-9-18(24-17,16(2,19)15(21)22)10-14(17)23-11-12-6-4-5-7-13(12)20/h4-7,14H,3,8-11H2,1-2H3,(H,21,22). The molecule has 0 aromatic heterocycles. The maximum atomic E-state index is 13.8. The Hall–Kier alpha value is -1.17. The molecule has 2 aliphatic heterocycles. The molecule has 4 atom stereocenters. The van der Waals surface area contributed by atoms with E-state index in [4.69, 9.17) is 21.1 Å². The van der Waals surface area contributed by atoms with Gasteiger partial charge in [-0.3, -0.25) is 4.79 Å². The second-order valence-corrected chi connectivity index (χ2v) is 7.67. The number of fused-ring (bicyclic) bond motifs is 2. The summed E-state index contributed by atoms with van der Waals surface area (Å²) in [4.78, 5) is 10.1. The Bertz CT molecular complexity index is 650. The molecular weight excluding hydrogens is 335 g/mol. The van der Waals surface area contributed by atoms with Crippen molar-refractivity contribution in [1.82, 2.24) is 0 Å². The summed E-state index contributed by atoms with van der Waals surface area (Å²) in [6.07, 6.45) is 2.09. The van der Waals surface area contributed by atoms with Gasteiger partial charge in [-0.25, -0.2) is 4.39 Å². The summed E-state index contributed by atoms with van der Waals surface area (Å²) in [6, 6.07) is 6.47. The molecule has 0 saturated carbocycles. The number of benzene rings is 1. The first-order valence-electron chi connectivity index (χ1n) is 8.24. The zero-order valence-corrected chi connectivity index (χ0v) is 14.6. The quantitative estimate of drug-likeness (QED) is 0.785. The Morgan fingerprint density at radius 2 is 2.21 bits per heavy atom. The molecule has 6 heteroatoms. The molecule has 4 unspecified atom stereocenters. The summed E-state index contributed by atoms with van der Waals surface area (Å²) in [5.74, 6) is -1.40. The fourth-order valence-electron chi connectivity index (χ4n) is 3.97. The van der Waals surface area contributed by atoms with Gasteiger partial charge in [0.25, 0.3) is 0 Å². The maximum Gasteiger partial charge on any atom is 0.327 e. The number of carboxylic acids is 1. The molecule has 1 N–H and O–H groups in total. The van der Waals surface area contributed by atoms with Crippen molar-refractivity contribution in [2.75, 3.05) is 0 Å². The molecule has 2 aliphatic rings. The van der Waals surface area contributed by atoms with Crippen LogP contribution < -0.4 is 0 Å². The van der Waals surface area contributed by atoms with Crippen LogP contribution in [0.25, 0.3) is 0 Å². The molecule has 0 aliphatic carbocycles. The fraction of sp³-hybridized carbons (Fsp3) is 0.611. The lowest BCUT2D eigenvalue weighted by Crippen LogP contribution is -2.52. The minimum atomic E-state index is -1.51. The molecule has 2 saturated heterocycles. The van der Waals surface area contributed by atoms with E-state index in [-0.39, 0.29) is 18.5 Å². The zero-order chi connectivity index (χ0) is 17.6. The Balaban J connectivity index is 1.80. The van der Waals surface area contributed by atoms with Crippen molar-refractivity contribution in [3.8, 4) is 0 Å². The topological polar surface area (TPSA) is 55.8 Å². The number of ether oxygens (including phenoxy) is 2. The number of alkyl halides is 1. The van der Waals surface area contributed by atoms with Gasteiger partial charge in [0.2, 0.25) is 0 Å². The minimum absolute atomic E-state index is 0.130. The molecular formula is C18H22ClFO4. The SMILES string of the molecule is CCC12CCC(C(C)(Cl)C(=O)O)(CC1OCc1ccccc1F)O2. The summed E-state index contributed by atoms with van der Waals surface area (Å²) in [6.45, 7) is 3.61. The molecule has 0 radical (unpaired) electrons. The summed E-state index contributed by atoms with van der Waals surface area (Å²) in [5, 5.41) is 9.50. The Labute approximate surface area is 145 Å². The highest BCUT2D eigenvalue weighted by Gasteiger charge is 2.69. The van der Waals surface area contributed by atoms with E-state index in [1.165, 1.54) is 13.0 Å². The number of hydrogen-bond acceptors (Lipinski definition) is 3. The predicted molar refractivity (Wildman–Crippen MR) is 87.6 cm³/mol. The third-order valence-electron chi connectivity index (χ3n) is 5.71. The largest absolute Gasteiger partial charge is 0.480 e. The number of carbonyl (C=O) groups is 1. The van der Waals surface area contributed by atoms with E-state index in [0.717, 1.165) is 0 Å². The predicted octanol–water partition coefficient (Wildman–Crippen LogP) is 3.89. The lowest BCUT2D eigenvalue weighted by atomic mass is 9.73.